The molecule has 164 valence electrons. The molecule has 1 aliphatic heterocycles. The predicted molar refractivity (Wildman–Crippen MR) is 100 cm³/mol. The maximum Gasteiger partial charge on any atom is 1.00 e. The quantitative estimate of drug-likeness (QED) is 0.146. The fourth-order valence-electron chi connectivity index (χ4n) is 3.05. The van der Waals surface area contributed by atoms with Crippen LogP contribution in [0.2, 0.25) is 0 Å². The summed E-state index contributed by atoms with van der Waals surface area (Å²) in [5, 5.41) is 20.5. The van der Waals surface area contributed by atoms with Gasteiger partial charge in [0, 0.05) is 6.42 Å². The molecule has 4 atom stereocenters. The number of hydrogen-bond acceptors (Lipinski definition) is 11. The van der Waals surface area contributed by atoms with Gasteiger partial charge in [0.1, 0.15) is 23.8 Å². The Morgan fingerprint density at radius 1 is 1.28 bits per heavy atom. The van der Waals surface area contributed by atoms with Gasteiger partial charge < -0.3 is 39.6 Å². The van der Waals surface area contributed by atoms with E-state index in [4.69, 9.17) is 10.5 Å². The minimum absolute atomic E-state index is 0. The van der Waals surface area contributed by atoms with Crippen molar-refractivity contribution in [3.05, 3.63) is 12.2 Å². The topological polar surface area (TPSA) is 192 Å². The van der Waals surface area contributed by atoms with Gasteiger partial charge in [0.2, 0.25) is 5.82 Å². The second-order valence-corrected chi connectivity index (χ2v) is 7.96. The Hall–Kier alpha value is -0.100. The van der Waals surface area contributed by atoms with Crippen molar-refractivity contribution in [2.24, 2.45) is 0 Å². The summed E-state index contributed by atoms with van der Waals surface area (Å²) in [4.78, 5) is 33.9. The van der Waals surface area contributed by atoms with E-state index >= 15 is 0 Å². The molecule has 0 amide bonds. The minimum Gasteiger partial charge on any atom is -0.790 e. The third-order valence-corrected chi connectivity index (χ3v) is 5.03. The first kappa shape index (κ1) is 29.9. The van der Waals surface area contributed by atoms with E-state index in [2.05, 4.69) is 38.2 Å². The van der Waals surface area contributed by atoms with Crippen LogP contribution in [0, 0.1) is 11.8 Å². The molecule has 0 unspecified atom stereocenters. The number of aliphatic hydroxyl groups excluding tert-OH is 2. The Morgan fingerprint density at radius 3 is 2.66 bits per heavy atom. The van der Waals surface area contributed by atoms with E-state index in [1.165, 1.54) is 10.9 Å². The Morgan fingerprint density at radius 2 is 2.00 bits per heavy atom. The molecule has 2 aromatic heterocycles. The number of ether oxygens (including phenoxy) is 1. The smallest absolute Gasteiger partial charge is 0.790 e. The zero-order chi connectivity index (χ0) is 21.9. The summed E-state index contributed by atoms with van der Waals surface area (Å²) >= 11 is 0. The van der Waals surface area contributed by atoms with Gasteiger partial charge in [0.05, 0.1) is 20.8 Å². The van der Waals surface area contributed by atoms with E-state index in [1.807, 2.05) is 0 Å². The van der Waals surface area contributed by atoms with Gasteiger partial charge in [0.15, 0.2) is 17.7 Å². The van der Waals surface area contributed by atoms with Gasteiger partial charge in [-0.05, 0) is 12.3 Å². The van der Waals surface area contributed by atoms with Crippen LogP contribution in [0.15, 0.2) is 6.33 Å². The fraction of sp³-hybridized carbons (Fsp3) is 0.588. The Kier molecular flexibility index (Phi) is 12.3. The number of aliphatic hydroxyl groups is 2. The monoisotopic (exact) mass is 485 g/mol. The first-order chi connectivity index (χ1) is 14.2. The molecular weight excluding hydrogens is 463 g/mol. The number of fused-ring (bicyclic) bond motifs is 1. The van der Waals surface area contributed by atoms with Crippen molar-refractivity contribution in [2.75, 3.05) is 12.3 Å². The number of anilines is 1. The zero-order valence-corrected chi connectivity index (χ0v) is 23.1. The normalized spacial score (nSPS) is 22.7. The van der Waals surface area contributed by atoms with Crippen molar-refractivity contribution < 1.29 is 92.9 Å². The molecule has 1 saturated heterocycles. The molecular formula is C17H22N5Na2O7P. The van der Waals surface area contributed by atoms with Crippen molar-refractivity contribution in [1.29, 1.82) is 0 Å². The Balaban J connectivity index is 0.00000256. The van der Waals surface area contributed by atoms with Crippen LogP contribution in [0.5, 0.6) is 0 Å². The molecule has 2 aromatic rings. The van der Waals surface area contributed by atoms with Crippen LogP contribution in [0.4, 0.5) is 5.82 Å². The van der Waals surface area contributed by atoms with Gasteiger partial charge in [0.25, 0.3) is 0 Å². The zero-order valence-electron chi connectivity index (χ0n) is 18.2. The van der Waals surface area contributed by atoms with E-state index in [0.29, 0.717) is 6.42 Å². The van der Waals surface area contributed by atoms with Gasteiger partial charge in [-0.25, -0.2) is 15.0 Å². The number of phosphoric acid groups is 1. The van der Waals surface area contributed by atoms with Gasteiger partial charge >= 0.3 is 59.1 Å². The number of phosphoric ester groups is 1. The number of rotatable bonds is 7. The molecule has 15 heteroatoms. The maximum absolute atomic E-state index is 10.7. The third kappa shape index (κ3) is 7.45. The summed E-state index contributed by atoms with van der Waals surface area (Å²) in [7, 11) is -5.26. The van der Waals surface area contributed by atoms with E-state index in [1.54, 1.807) is 0 Å². The molecule has 0 aromatic carbocycles. The van der Waals surface area contributed by atoms with Crippen molar-refractivity contribution >= 4 is 24.8 Å². The van der Waals surface area contributed by atoms with E-state index in [-0.39, 0.29) is 81.9 Å². The number of unbranched alkanes of at least 4 members (excludes halogenated alkanes) is 3. The number of hydrogen-bond donors (Lipinski definition) is 3. The van der Waals surface area contributed by atoms with Gasteiger partial charge in [-0.1, -0.05) is 25.7 Å². The molecule has 12 nitrogen and oxygen atoms in total. The standard InChI is InChI=1S/C17H24N5O7P.2Na/c1-2-3-4-5-6-7-11-20-15(18)12-16(21-11)22(9-19-12)17-14(24)13(23)10(29-17)8-28-30(25,26)27;;/h9-10,13-14,17,23-24H,2-5,8H2,1H3,(H2,18,20,21)(H2,25,26,27);;/q;2*+1/p-2/t10-,13-,14-,17-;;/m1../s1. The number of nitrogens with zero attached hydrogens (tertiary/aromatic N) is 4. The van der Waals surface area contributed by atoms with Crippen molar-refractivity contribution in [1.82, 2.24) is 19.5 Å². The number of imidazole rings is 1. The summed E-state index contributed by atoms with van der Waals surface area (Å²) in [6.45, 7) is 1.36. The van der Waals surface area contributed by atoms with Crippen LogP contribution in [-0.4, -0.2) is 54.7 Å². The van der Waals surface area contributed by atoms with Crippen LogP contribution >= 0.6 is 7.82 Å². The number of nitrogen functional groups attached to an aromatic ring is 1. The third-order valence-electron chi connectivity index (χ3n) is 4.56. The van der Waals surface area contributed by atoms with Crippen LogP contribution < -0.4 is 74.6 Å². The van der Waals surface area contributed by atoms with Gasteiger partial charge in [-0.2, -0.15) is 0 Å². The summed E-state index contributed by atoms with van der Waals surface area (Å²) in [5.41, 5.74) is 6.41. The summed E-state index contributed by atoms with van der Waals surface area (Å²) in [6.07, 6.45) is -0.292. The van der Waals surface area contributed by atoms with Crippen molar-refractivity contribution in [2.45, 2.75) is 57.1 Å². The first-order valence-electron chi connectivity index (χ1n) is 9.38. The summed E-state index contributed by atoms with van der Waals surface area (Å²) < 4.78 is 21.7. The molecule has 0 spiro atoms. The molecule has 3 rings (SSSR count). The van der Waals surface area contributed by atoms with Crippen LogP contribution in [0.25, 0.3) is 11.2 Å². The molecule has 1 fully saturated rings. The second-order valence-electron chi connectivity index (χ2n) is 6.80. The molecule has 4 N–H and O–H groups in total. The molecule has 1 aliphatic rings. The largest absolute Gasteiger partial charge is 1.00 e. The second kappa shape index (κ2) is 13.1. The van der Waals surface area contributed by atoms with Crippen LogP contribution in [-0.2, 0) is 13.8 Å². The average molecular weight is 485 g/mol. The maximum atomic E-state index is 10.7. The fourth-order valence-corrected chi connectivity index (χ4v) is 3.38. The van der Waals surface area contributed by atoms with E-state index < -0.39 is 39.0 Å². The molecule has 0 saturated carbocycles. The molecule has 0 aliphatic carbocycles. The molecule has 0 radical (unpaired) electrons. The number of aromatic nitrogens is 4. The summed E-state index contributed by atoms with van der Waals surface area (Å²) in [5.74, 6) is 6.08. The van der Waals surface area contributed by atoms with Crippen molar-refractivity contribution in [3.63, 3.8) is 0 Å². The average Bonchev–Trinajstić information content (AvgIpc) is 3.21. The molecule has 3 heterocycles. The molecule has 32 heavy (non-hydrogen) atoms. The minimum atomic E-state index is -5.26. The first-order valence-corrected chi connectivity index (χ1v) is 10.8. The van der Waals surface area contributed by atoms with Gasteiger partial charge in [-0.15, -0.1) is 0 Å². The predicted octanol–water partition coefficient (Wildman–Crippen LogP) is -7.19. The summed E-state index contributed by atoms with van der Waals surface area (Å²) in [6, 6.07) is 0. The van der Waals surface area contributed by atoms with Crippen LogP contribution in [0.3, 0.4) is 0 Å². The van der Waals surface area contributed by atoms with Gasteiger partial charge in [-0.3, -0.25) is 4.57 Å². The SMILES string of the molecule is CCCCCC#Cc1nc(N)c2ncn([C@@H]3O[C@H](COP(=O)([O-])[O-])[C@@H](O)[C@H]3O)c2n1.[Na+].[Na+]. The Labute approximate surface area is 229 Å². The number of nitrogens with two attached hydrogens (primary N) is 1. The van der Waals surface area contributed by atoms with Crippen molar-refractivity contribution in [3.8, 4) is 11.8 Å². The van der Waals surface area contributed by atoms with Crippen LogP contribution in [0.1, 0.15) is 44.7 Å². The van der Waals surface area contributed by atoms with E-state index in [0.717, 1.165) is 19.3 Å². The Bertz CT molecular complexity index is 1010. The molecule has 0 bridgehead atoms. The van der Waals surface area contributed by atoms with E-state index in [9.17, 15) is 24.6 Å².